The summed E-state index contributed by atoms with van der Waals surface area (Å²) in [5.41, 5.74) is 4.28. The second kappa shape index (κ2) is 23.5. The molecule has 2 atom stereocenters. The first kappa shape index (κ1) is 40.7. The van der Waals surface area contributed by atoms with E-state index in [0.717, 1.165) is 43.2 Å². The predicted molar refractivity (Wildman–Crippen MR) is 216 cm³/mol. The molecule has 0 N–H and O–H groups in total. The molecule has 2 unspecified atom stereocenters. The summed E-state index contributed by atoms with van der Waals surface area (Å²) < 4.78 is 38.8. The van der Waals surface area contributed by atoms with E-state index in [0.29, 0.717) is 24.2 Å². The van der Waals surface area contributed by atoms with E-state index < -0.39 is 17.6 Å². The van der Waals surface area contributed by atoms with Crippen molar-refractivity contribution in [2.45, 2.75) is 160 Å². The highest BCUT2D eigenvalue weighted by atomic mass is 19.2. The van der Waals surface area contributed by atoms with Crippen LogP contribution in [0.4, 0.5) is 8.78 Å². The van der Waals surface area contributed by atoms with Gasteiger partial charge in [0.15, 0.2) is 6.17 Å². The fourth-order valence-electron chi connectivity index (χ4n) is 7.45. The maximum absolute atomic E-state index is 16.3. The number of ether oxygens (including phenoxy) is 1. The summed E-state index contributed by atoms with van der Waals surface area (Å²) in [6, 6.07) is 26.6. The van der Waals surface area contributed by atoms with Crippen LogP contribution in [-0.2, 0) is 4.74 Å². The fraction of sp³-hybridized carbons (Fsp3) is 0.542. The van der Waals surface area contributed by atoms with E-state index >= 15 is 8.78 Å². The van der Waals surface area contributed by atoms with Gasteiger partial charge >= 0.3 is 0 Å². The maximum atomic E-state index is 16.3. The molecule has 1 nitrogen and oxygen atoms in total. The van der Waals surface area contributed by atoms with Gasteiger partial charge in [-0.3, -0.25) is 0 Å². The van der Waals surface area contributed by atoms with Gasteiger partial charge in [0.25, 0.3) is 0 Å². The molecule has 0 amide bonds. The van der Waals surface area contributed by atoms with Gasteiger partial charge in [-0.05, 0) is 46.7 Å². The Balaban J connectivity index is 1.33. The molecule has 3 heteroatoms. The van der Waals surface area contributed by atoms with E-state index in [-0.39, 0.29) is 0 Å². The van der Waals surface area contributed by atoms with Crippen LogP contribution in [0.2, 0.25) is 0 Å². The van der Waals surface area contributed by atoms with Crippen LogP contribution in [0, 0.1) is 0 Å². The normalized spacial score (nSPS) is 17.4. The first-order chi connectivity index (χ1) is 25.1. The Morgan fingerprint density at radius 3 is 1.35 bits per heavy atom. The van der Waals surface area contributed by atoms with E-state index in [4.69, 9.17) is 4.74 Å². The second-order valence-electron chi connectivity index (χ2n) is 14.9. The Morgan fingerprint density at radius 2 is 0.882 bits per heavy atom. The number of halogens is 2. The molecule has 1 aliphatic rings. The minimum atomic E-state index is -1.80. The van der Waals surface area contributed by atoms with E-state index in [9.17, 15) is 0 Å². The molecule has 1 aliphatic carbocycles. The first-order valence-corrected chi connectivity index (χ1v) is 20.7. The minimum absolute atomic E-state index is 0.328. The van der Waals surface area contributed by atoms with E-state index in [1.807, 2.05) is 48.5 Å². The summed E-state index contributed by atoms with van der Waals surface area (Å²) in [4.78, 5) is 0. The minimum Gasteiger partial charge on any atom is -0.367 e. The van der Waals surface area contributed by atoms with Crippen molar-refractivity contribution in [3.05, 3.63) is 102 Å². The predicted octanol–water partition coefficient (Wildman–Crippen LogP) is 15.6. The zero-order valence-corrected chi connectivity index (χ0v) is 32.0. The molecule has 278 valence electrons. The fourth-order valence-corrected chi connectivity index (χ4v) is 7.45. The number of alkyl halides is 1. The molecule has 0 saturated heterocycles. The van der Waals surface area contributed by atoms with Gasteiger partial charge in [-0.2, -0.15) is 0 Å². The van der Waals surface area contributed by atoms with Crippen LogP contribution in [0.5, 0.6) is 0 Å². The molecule has 0 aromatic heterocycles. The number of hydrogen-bond acceptors (Lipinski definition) is 1. The molecule has 0 radical (unpaired) electrons. The topological polar surface area (TPSA) is 9.23 Å². The van der Waals surface area contributed by atoms with Crippen LogP contribution in [0.3, 0.4) is 0 Å². The molecule has 0 spiro atoms. The van der Waals surface area contributed by atoms with Gasteiger partial charge in [0.2, 0.25) is 0 Å². The van der Waals surface area contributed by atoms with E-state index in [1.165, 1.54) is 107 Å². The Bertz CT molecular complexity index is 1410. The summed E-state index contributed by atoms with van der Waals surface area (Å²) in [7, 11) is 0. The van der Waals surface area contributed by atoms with Gasteiger partial charge in [-0.1, -0.05) is 221 Å². The van der Waals surface area contributed by atoms with Crippen LogP contribution in [0.15, 0.2) is 96.8 Å². The molecule has 0 heterocycles. The van der Waals surface area contributed by atoms with Crippen molar-refractivity contribution in [2.24, 2.45) is 0 Å². The van der Waals surface area contributed by atoms with Gasteiger partial charge in [0.1, 0.15) is 11.4 Å². The second-order valence-corrected chi connectivity index (χ2v) is 14.9. The van der Waals surface area contributed by atoms with Gasteiger partial charge in [-0.25, -0.2) is 8.78 Å². The Kier molecular flexibility index (Phi) is 18.8. The van der Waals surface area contributed by atoms with Crippen LogP contribution in [0.25, 0.3) is 27.8 Å². The largest absolute Gasteiger partial charge is 0.367 e. The first-order valence-electron chi connectivity index (χ1n) is 20.7. The average molecular weight is 697 g/mol. The zero-order valence-electron chi connectivity index (χ0n) is 32.0. The zero-order chi connectivity index (χ0) is 36.0. The van der Waals surface area contributed by atoms with E-state index in [1.54, 1.807) is 6.08 Å². The number of benzene rings is 3. The summed E-state index contributed by atoms with van der Waals surface area (Å²) in [6.45, 7) is 4.98. The molecular formula is C48H66F2O. The van der Waals surface area contributed by atoms with Crippen molar-refractivity contribution in [3.63, 3.8) is 0 Å². The Labute approximate surface area is 310 Å². The van der Waals surface area contributed by atoms with Crippen molar-refractivity contribution < 1.29 is 13.5 Å². The number of unbranched alkanes of at least 4 members (excludes halogenated alkanes) is 18. The van der Waals surface area contributed by atoms with E-state index in [2.05, 4.69) is 50.2 Å². The summed E-state index contributed by atoms with van der Waals surface area (Å²) >= 11 is 0. The molecule has 0 saturated carbocycles. The van der Waals surface area contributed by atoms with Gasteiger partial charge < -0.3 is 4.74 Å². The van der Waals surface area contributed by atoms with Crippen LogP contribution in [-0.4, -0.2) is 18.4 Å². The van der Waals surface area contributed by atoms with Crippen molar-refractivity contribution in [2.75, 3.05) is 6.61 Å². The van der Waals surface area contributed by atoms with Gasteiger partial charge in [0, 0.05) is 12.2 Å². The molecule has 3 aromatic rings. The highest BCUT2D eigenvalue weighted by Gasteiger charge is 2.44. The molecule has 0 aliphatic heterocycles. The third-order valence-electron chi connectivity index (χ3n) is 10.8. The molecule has 4 rings (SSSR count). The SMILES string of the molecule is CCCCCCCCCCCCOC1(CCCCCCCCCCCC)C=CC(c2ccc(-c3ccc(-c4ccccc4)cc3)cc2)=C(F)C1F. The molecule has 0 fully saturated rings. The molecular weight excluding hydrogens is 631 g/mol. The Hall–Kier alpha value is -3.04. The lowest BCUT2D eigenvalue weighted by Crippen LogP contribution is -2.43. The van der Waals surface area contributed by atoms with Crippen molar-refractivity contribution in [1.29, 1.82) is 0 Å². The molecule has 0 bridgehead atoms. The van der Waals surface area contributed by atoms with Crippen LogP contribution >= 0.6 is 0 Å². The summed E-state index contributed by atoms with van der Waals surface area (Å²) in [5.74, 6) is -0.701. The van der Waals surface area contributed by atoms with Gasteiger partial charge in [0.05, 0.1) is 0 Å². The van der Waals surface area contributed by atoms with Crippen LogP contribution < -0.4 is 0 Å². The van der Waals surface area contributed by atoms with Gasteiger partial charge in [-0.15, -0.1) is 0 Å². The van der Waals surface area contributed by atoms with Crippen molar-refractivity contribution >= 4 is 5.57 Å². The Morgan fingerprint density at radius 1 is 0.490 bits per heavy atom. The third kappa shape index (κ3) is 13.5. The van der Waals surface area contributed by atoms with Crippen molar-refractivity contribution in [1.82, 2.24) is 0 Å². The maximum Gasteiger partial charge on any atom is 0.184 e. The quantitative estimate of drug-likeness (QED) is 0.0759. The lowest BCUT2D eigenvalue weighted by Gasteiger charge is -2.36. The number of rotatable bonds is 26. The summed E-state index contributed by atoms with van der Waals surface area (Å²) in [6.07, 6.45) is 26.8. The number of hydrogen-bond donors (Lipinski definition) is 0. The number of allylic oxidation sites excluding steroid dienone is 2. The smallest absolute Gasteiger partial charge is 0.184 e. The van der Waals surface area contributed by atoms with Crippen LogP contribution in [0.1, 0.15) is 154 Å². The van der Waals surface area contributed by atoms with Crippen molar-refractivity contribution in [3.8, 4) is 22.3 Å². The standard InChI is InChI=1S/C48H66F2O/c1-3-5-7-9-11-13-15-17-19-24-37-48(51-39-25-20-18-16-14-12-10-8-6-4-2)38-36-45(46(49)47(48)50)44-34-32-43(33-35-44)42-30-28-41(29-31-42)40-26-22-21-23-27-40/h21-23,26-36,38,47H,3-20,24-25,37,39H2,1-2H3. The highest BCUT2D eigenvalue weighted by molar-refractivity contribution is 5.80. The highest BCUT2D eigenvalue weighted by Crippen LogP contribution is 2.41. The monoisotopic (exact) mass is 697 g/mol. The lowest BCUT2D eigenvalue weighted by molar-refractivity contribution is -0.0652. The molecule has 3 aromatic carbocycles. The molecule has 51 heavy (non-hydrogen) atoms. The average Bonchev–Trinajstić information content (AvgIpc) is 3.17. The third-order valence-corrected chi connectivity index (χ3v) is 10.8. The summed E-state index contributed by atoms with van der Waals surface area (Å²) in [5, 5.41) is 0. The lowest BCUT2D eigenvalue weighted by atomic mass is 9.82.